The molecule has 0 radical (unpaired) electrons. The molecular weight excluding hydrogens is 256 g/mol. The SMILES string of the molecule is NC1CCN(CCc2ccccc2)C(c2ccccc2)C1. The smallest absolute Gasteiger partial charge is 0.0362 e. The van der Waals surface area contributed by atoms with Crippen molar-refractivity contribution in [3.8, 4) is 0 Å². The minimum Gasteiger partial charge on any atom is -0.328 e. The molecule has 0 amide bonds. The van der Waals surface area contributed by atoms with E-state index in [0.29, 0.717) is 12.1 Å². The predicted molar refractivity (Wildman–Crippen MR) is 88.1 cm³/mol. The summed E-state index contributed by atoms with van der Waals surface area (Å²) in [5, 5.41) is 0. The maximum atomic E-state index is 6.21. The standard InChI is InChI=1S/C19H24N2/c20-18-12-14-21(13-11-16-7-3-1-4-8-16)19(15-18)17-9-5-2-6-10-17/h1-10,18-19H,11-15,20H2. The Labute approximate surface area is 127 Å². The van der Waals surface area contributed by atoms with E-state index in [1.54, 1.807) is 0 Å². The molecule has 2 heteroatoms. The first-order valence-corrected chi connectivity index (χ1v) is 7.91. The molecule has 3 rings (SSSR count). The fourth-order valence-corrected chi connectivity index (χ4v) is 3.25. The zero-order valence-electron chi connectivity index (χ0n) is 12.5. The van der Waals surface area contributed by atoms with Crippen molar-refractivity contribution in [2.24, 2.45) is 5.73 Å². The van der Waals surface area contributed by atoms with Crippen LogP contribution < -0.4 is 5.73 Å². The minimum absolute atomic E-state index is 0.336. The van der Waals surface area contributed by atoms with E-state index in [-0.39, 0.29) is 0 Å². The summed E-state index contributed by atoms with van der Waals surface area (Å²) in [5.41, 5.74) is 9.02. The molecule has 21 heavy (non-hydrogen) atoms. The van der Waals surface area contributed by atoms with Crippen LogP contribution in [-0.2, 0) is 6.42 Å². The van der Waals surface area contributed by atoms with Gasteiger partial charge >= 0.3 is 0 Å². The number of likely N-dealkylation sites (tertiary alicyclic amines) is 1. The first kappa shape index (κ1) is 14.3. The normalized spacial score (nSPS) is 23.1. The summed E-state index contributed by atoms with van der Waals surface area (Å²) in [6.45, 7) is 2.21. The predicted octanol–water partition coefficient (Wildman–Crippen LogP) is 3.39. The molecule has 1 aliphatic heterocycles. The molecule has 2 unspecified atom stereocenters. The van der Waals surface area contributed by atoms with Crippen LogP contribution in [0.25, 0.3) is 0 Å². The van der Waals surface area contributed by atoms with E-state index < -0.39 is 0 Å². The number of nitrogens with zero attached hydrogens (tertiary/aromatic N) is 1. The van der Waals surface area contributed by atoms with Crippen molar-refractivity contribution in [3.05, 3.63) is 71.8 Å². The van der Waals surface area contributed by atoms with Gasteiger partial charge < -0.3 is 5.73 Å². The molecule has 1 heterocycles. The molecule has 2 N–H and O–H groups in total. The highest BCUT2D eigenvalue weighted by Crippen LogP contribution is 2.30. The van der Waals surface area contributed by atoms with E-state index in [2.05, 4.69) is 65.6 Å². The van der Waals surface area contributed by atoms with Crippen molar-refractivity contribution in [2.45, 2.75) is 31.3 Å². The zero-order valence-corrected chi connectivity index (χ0v) is 12.5. The van der Waals surface area contributed by atoms with Crippen LogP contribution in [0, 0.1) is 0 Å². The number of rotatable bonds is 4. The highest BCUT2D eigenvalue weighted by Gasteiger charge is 2.27. The van der Waals surface area contributed by atoms with Crippen LogP contribution >= 0.6 is 0 Å². The van der Waals surface area contributed by atoms with Gasteiger partial charge in [-0.3, -0.25) is 4.90 Å². The lowest BCUT2D eigenvalue weighted by Gasteiger charge is -2.38. The highest BCUT2D eigenvalue weighted by molar-refractivity contribution is 5.20. The lowest BCUT2D eigenvalue weighted by atomic mass is 9.92. The summed E-state index contributed by atoms with van der Waals surface area (Å²) >= 11 is 0. The Morgan fingerprint density at radius 2 is 1.62 bits per heavy atom. The fraction of sp³-hybridized carbons (Fsp3) is 0.368. The molecule has 1 aliphatic rings. The largest absolute Gasteiger partial charge is 0.328 e. The number of piperidine rings is 1. The van der Waals surface area contributed by atoms with E-state index in [0.717, 1.165) is 32.4 Å². The van der Waals surface area contributed by atoms with Crippen molar-refractivity contribution >= 4 is 0 Å². The van der Waals surface area contributed by atoms with E-state index in [4.69, 9.17) is 5.73 Å². The lowest BCUT2D eigenvalue weighted by molar-refractivity contribution is 0.137. The van der Waals surface area contributed by atoms with Crippen molar-refractivity contribution in [1.82, 2.24) is 4.90 Å². The van der Waals surface area contributed by atoms with Crippen LogP contribution in [0.2, 0.25) is 0 Å². The van der Waals surface area contributed by atoms with Gasteiger partial charge in [0.25, 0.3) is 0 Å². The molecule has 2 nitrogen and oxygen atoms in total. The molecule has 0 aromatic heterocycles. The summed E-state index contributed by atoms with van der Waals surface area (Å²) in [5.74, 6) is 0. The monoisotopic (exact) mass is 280 g/mol. The Bertz CT molecular complexity index is 538. The first-order valence-electron chi connectivity index (χ1n) is 7.91. The molecular formula is C19H24N2. The molecule has 2 atom stereocenters. The van der Waals surface area contributed by atoms with Crippen LogP contribution in [0.4, 0.5) is 0 Å². The molecule has 0 aliphatic carbocycles. The van der Waals surface area contributed by atoms with Gasteiger partial charge in [0.05, 0.1) is 0 Å². The second-order valence-electron chi connectivity index (χ2n) is 5.98. The van der Waals surface area contributed by atoms with Crippen LogP contribution in [0.5, 0.6) is 0 Å². The molecule has 110 valence electrons. The molecule has 2 aromatic carbocycles. The third-order valence-electron chi connectivity index (χ3n) is 4.47. The van der Waals surface area contributed by atoms with Gasteiger partial charge in [-0.1, -0.05) is 60.7 Å². The van der Waals surface area contributed by atoms with E-state index >= 15 is 0 Å². The van der Waals surface area contributed by atoms with Gasteiger partial charge in [-0.2, -0.15) is 0 Å². The molecule has 2 aromatic rings. The maximum absolute atomic E-state index is 6.21. The van der Waals surface area contributed by atoms with E-state index in [1.807, 2.05) is 0 Å². The van der Waals surface area contributed by atoms with Crippen LogP contribution in [0.1, 0.15) is 30.0 Å². The third kappa shape index (κ3) is 3.72. The Morgan fingerprint density at radius 1 is 0.952 bits per heavy atom. The van der Waals surface area contributed by atoms with Crippen molar-refractivity contribution < 1.29 is 0 Å². The second-order valence-corrected chi connectivity index (χ2v) is 5.98. The highest BCUT2D eigenvalue weighted by atomic mass is 15.2. The van der Waals surface area contributed by atoms with Gasteiger partial charge in [-0.05, 0) is 30.4 Å². The zero-order chi connectivity index (χ0) is 14.5. The molecule has 0 spiro atoms. The Morgan fingerprint density at radius 3 is 2.33 bits per heavy atom. The van der Waals surface area contributed by atoms with Gasteiger partial charge in [-0.25, -0.2) is 0 Å². The summed E-state index contributed by atoms with van der Waals surface area (Å²) in [4.78, 5) is 2.60. The van der Waals surface area contributed by atoms with E-state index in [9.17, 15) is 0 Å². The van der Waals surface area contributed by atoms with Crippen molar-refractivity contribution in [2.75, 3.05) is 13.1 Å². The van der Waals surface area contributed by atoms with Crippen molar-refractivity contribution in [3.63, 3.8) is 0 Å². The Balaban J connectivity index is 1.69. The van der Waals surface area contributed by atoms with Crippen LogP contribution in [0.3, 0.4) is 0 Å². The average Bonchev–Trinajstić information content (AvgIpc) is 2.55. The number of hydrogen-bond acceptors (Lipinski definition) is 2. The summed E-state index contributed by atoms with van der Waals surface area (Å²) in [6, 6.07) is 22.4. The second kappa shape index (κ2) is 6.88. The van der Waals surface area contributed by atoms with E-state index in [1.165, 1.54) is 11.1 Å². The van der Waals surface area contributed by atoms with Crippen LogP contribution in [-0.4, -0.2) is 24.0 Å². The van der Waals surface area contributed by atoms with Gasteiger partial charge in [-0.15, -0.1) is 0 Å². The summed E-state index contributed by atoms with van der Waals surface area (Å²) < 4.78 is 0. The number of hydrogen-bond donors (Lipinski definition) is 1. The third-order valence-corrected chi connectivity index (χ3v) is 4.47. The number of nitrogens with two attached hydrogens (primary N) is 1. The Kier molecular flexibility index (Phi) is 4.69. The fourth-order valence-electron chi connectivity index (χ4n) is 3.25. The van der Waals surface area contributed by atoms with Gasteiger partial charge in [0.2, 0.25) is 0 Å². The molecule has 1 fully saturated rings. The average molecular weight is 280 g/mol. The summed E-state index contributed by atoms with van der Waals surface area (Å²) in [7, 11) is 0. The first-order chi connectivity index (χ1) is 10.3. The van der Waals surface area contributed by atoms with Gasteiger partial charge in [0.15, 0.2) is 0 Å². The minimum atomic E-state index is 0.336. The van der Waals surface area contributed by atoms with Gasteiger partial charge in [0, 0.05) is 25.2 Å². The molecule has 0 saturated carbocycles. The van der Waals surface area contributed by atoms with Crippen LogP contribution in [0.15, 0.2) is 60.7 Å². The molecule has 0 bridgehead atoms. The van der Waals surface area contributed by atoms with Gasteiger partial charge in [0.1, 0.15) is 0 Å². The quantitative estimate of drug-likeness (QED) is 0.930. The summed E-state index contributed by atoms with van der Waals surface area (Å²) in [6.07, 6.45) is 3.29. The lowest BCUT2D eigenvalue weighted by Crippen LogP contribution is -2.42. The molecule has 1 saturated heterocycles. The maximum Gasteiger partial charge on any atom is 0.0362 e. The van der Waals surface area contributed by atoms with Crippen molar-refractivity contribution in [1.29, 1.82) is 0 Å². The topological polar surface area (TPSA) is 29.3 Å². The number of benzene rings is 2. The Hall–Kier alpha value is -1.64.